The number of alkyl halides is 3. The first-order valence-corrected chi connectivity index (χ1v) is 4.39. The first kappa shape index (κ1) is 10.8. The molecule has 0 fully saturated rings. The van der Waals surface area contributed by atoms with Gasteiger partial charge in [-0.2, -0.15) is 0 Å². The van der Waals surface area contributed by atoms with E-state index in [2.05, 4.69) is 67.8 Å². The molecule has 0 aromatic heterocycles. The minimum Gasteiger partial charge on any atom is -0.0592 e. The summed E-state index contributed by atoms with van der Waals surface area (Å²) in [4.78, 5) is 0. The summed E-state index contributed by atoms with van der Waals surface area (Å²) < 4.78 is 0.743. The molecule has 0 radical (unpaired) electrons. The maximum absolute atomic E-state index is 2.32. The Morgan fingerprint density at radius 3 is 1.00 bits per heavy atom. The maximum atomic E-state index is 2.32. The molecule has 0 atom stereocenters. The minimum atomic E-state index is 0. The summed E-state index contributed by atoms with van der Waals surface area (Å²) in [5.41, 5.74) is 0. The molecule has 0 bridgehead atoms. The molecule has 5 heavy (non-hydrogen) atoms. The fourth-order valence-corrected chi connectivity index (χ4v) is 0. The Morgan fingerprint density at radius 1 is 1.00 bits per heavy atom. The van der Waals surface area contributed by atoms with Gasteiger partial charge in [-0.25, -0.2) is 0 Å². The molecule has 0 spiro atoms. The van der Waals surface area contributed by atoms with Gasteiger partial charge in [-0.3, -0.25) is 0 Å². The van der Waals surface area contributed by atoms with Crippen molar-refractivity contribution in [2.24, 2.45) is 0 Å². The molecule has 0 unspecified atom stereocenters. The molecule has 0 saturated heterocycles. The number of rotatable bonds is 0. The molecule has 4 heteroatoms. The fraction of sp³-hybridized carbons (Fsp3) is 1.00. The zero-order chi connectivity index (χ0) is 3.58. The number of hydrogen-bond donors (Lipinski definition) is 0. The first-order valence-electron chi connectivity index (χ1n) is 0.655. The van der Waals surface area contributed by atoms with E-state index in [1.54, 1.807) is 0 Å². The predicted molar refractivity (Wildman–Crippen MR) is 45.8 cm³/mol. The van der Waals surface area contributed by atoms with Gasteiger partial charge in [0.05, 0.1) is 0 Å². The molecular weight excluding hydrogens is 441 g/mol. The molecule has 0 aliphatic carbocycles. The van der Waals surface area contributed by atoms with Gasteiger partial charge in [0.1, 0.15) is -0.0619 Å². The van der Waals surface area contributed by atoms with Crippen molar-refractivity contribution in [1.82, 2.24) is 0 Å². The summed E-state index contributed by atoms with van der Waals surface area (Å²) in [5.74, 6) is 0. The molecule has 0 aromatic rings. The second-order valence-corrected chi connectivity index (χ2v) is 11.1. The van der Waals surface area contributed by atoms with Gasteiger partial charge >= 0.3 is 0 Å². The molecule has 30 valence electrons. The van der Waals surface area contributed by atoms with Gasteiger partial charge in [0.15, 0.2) is 0 Å². The van der Waals surface area contributed by atoms with Crippen molar-refractivity contribution < 1.29 is 21.7 Å². The van der Waals surface area contributed by atoms with E-state index in [0.717, 1.165) is -0.0619 Å². The van der Waals surface area contributed by atoms with Crippen LogP contribution in [0, 0.1) is 0 Å². The Morgan fingerprint density at radius 2 is 1.00 bits per heavy atom. The third kappa shape index (κ3) is 19.7. The normalized spacial score (nSPS) is 7.20. The van der Waals surface area contributed by atoms with Crippen LogP contribution in [0.1, 0.15) is 0 Å². The monoisotopic (exact) mass is 442 g/mol. The van der Waals surface area contributed by atoms with E-state index in [1.807, 2.05) is 0 Å². The molecule has 0 heterocycles. The third-order valence-corrected chi connectivity index (χ3v) is 0. The Labute approximate surface area is 87.5 Å². The van der Waals surface area contributed by atoms with Crippen LogP contribution in [-0.4, -0.2) is -0.0619 Å². The van der Waals surface area contributed by atoms with Crippen LogP contribution in [0.15, 0.2) is 0 Å². The van der Waals surface area contributed by atoms with Crippen LogP contribution in [0.5, 0.6) is 0 Å². The van der Waals surface area contributed by atoms with Gasteiger partial charge in [-0.15, -0.1) is 0 Å². The van der Waals surface area contributed by atoms with E-state index in [0.29, 0.717) is 0 Å². The molecule has 0 aromatic carbocycles. The van der Waals surface area contributed by atoms with Crippen molar-refractivity contribution in [3.63, 3.8) is 0 Å². The van der Waals surface area contributed by atoms with Crippen molar-refractivity contribution in [1.29, 1.82) is 0 Å². The molecule has 0 nitrogen and oxygen atoms in total. The summed E-state index contributed by atoms with van der Waals surface area (Å²) in [5, 5.41) is 0. The molecule has 0 saturated carbocycles. The van der Waals surface area contributed by atoms with E-state index in [1.165, 1.54) is 0 Å². The summed E-state index contributed by atoms with van der Waals surface area (Å²) >= 11 is 6.95. The van der Waals surface area contributed by atoms with Crippen LogP contribution in [-0.2, 0) is 21.7 Å². The van der Waals surface area contributed by atoms with Crippen molar-refractivity contribution >= 4 is 67.8 Å². The van der Waals surface area contributed by atoms with Crippen LogP contribution in [0.3, 0.4) is 0 Å². The summed E-state index contributed by atoms with van der Waals surface area (Å²) in [6, 6.07) is 0. The van der Waals surface area contributed by atoms with E-state index in [4.69, 9.17) is 0 Å². The van der Waals surface area contributed by atoms with Gasteiger partial charge < -0.3 is 0 Å². The number of hydrogen-bond acceptors (Lipinski definition) is 0. The zero-order valence-corrected chi connectivity index (χ0v) is 10.2. The number of halogens is 3. The average molecular weight is 442 g/mol. The molecular formula is CHI3Ti. The van der Waals surface area contributed by atoms with Gasteiger partial charge in [0.2, 0.25) is 0 Å². The first-order chi connectivity index (χ1) is 1.73. The van der Waals surface area contributed by atoms with E-state index in [9.17, 15) is 0 Å². The van der Waals surface area contributed by atoms with Gasteiger partial charge in [0, 0.05) is 21.7 Å². The average Bonchev–Trinajstić information content (AvgIpc) is 0.811. The molecule has 0 rings (SSSR count). The van der Waals surface area contributed by atoms with Gasteiger partial charge in [0.25, 0.3) is 0 Å². The Balaban J connectivity index is 0. The van der Waals surface area contributed by atoms with Gasteiger partial charge in [-0.05, 0) is 0 Å². The minimum absolute atomic E-state index is 0. The quantitative estimate of drug-likeness (QED) is 0.308. The second-order valence-electron chi connectivity index (χ2n) is 0.247. The smallest absolute Gasteiger partial charge is 0.0592 e. The summed E-state index contributed by atoms with van der Waals surface area (Å²) in [7, 11) is 0. The topological polar surface area (TPSA) is 0 Å². The van der Waals surface area contributed by atoms with Crippen LogP contribution in [0.25, 0.3) is 0 Å². The van der Waals surface area contributed by atoms with E-state index < -0.39 is 0 Å². The molecule has 0 aliphatic rings. The SMILES string of the molecule is IC(I)I.[Ti]. The van der Waals surface area contributed by atoms with E-state index in [-0.39, 0.29) is 21.7 Å². The van der Waals surface area contributed by atoms with Crippen molar-refractivity contribution in [2.75, 3.05) is 0 Å². The summed E-state index contributed by atoms with van der Waals surface area (Å²) in [6.07, 6.45) is 0. The Bertz CT molecular complexity index is 11.6. The van der Waals surface area contributed by atoms with E-state index >= 15 is 0 Å². The standard InChI is InChI=1S/CHI3.Ti/c2-1(3)4;/h1H;. The van der Waals surface area contributed by atoms with Crippen molar-refractivity contribution in [3.05, 3.63) is 0 Å². The maximum Gasteiger partial charge on any atom is 0.114 e. The second kappa shape index (κ2) is 6.90. The largest absolute Gasteiger partial charge is 0.114 e. The molecule has 0 aliphatic heterocycles. The fourth-order valence-electron chi connectivity index (χ4n) is 0. The van der Waals surface area contributed by atoms with Crippen LogP contribution < -0.4 is 0 Å². The Hall–Kier alpha value is 2.90. The van der Waals surface area contributed by atoms with Crippen LogP contribution >= 0.6 is 67.8 Å². The third-order valence-electron chi connectivity index (χ3n) is 0. The van der Waals surface area contributed by atoms with Gasteiger partial charge in [-0.1, -0.05) is 67.8 Å². The summed E-state index contributed by atoms with van der Waals surface area (Å²) in [6.45, 7) is 0. The Kier molecular flexibility index (Phi) is 14.9. The van der Waals surface area contributed by atoms with Crippen LogP contribution in [0.4, 0.5) is 0 Å². The van der Waals surface area contributed by atoms with Crippen LogP contribution in [0.2, 0.25) is 0 Å². The van der Waals surface area contributed by atoms with Crippen molar-refractivity contribution in [2.45, 2.75) is -0.0619 Å². The zero-order valence-electron chi connectivity index (χ0n) is 2.21. The molecule has 0 N–H and O–H groups in total. The molecule has 0 amide bonds. The van der Waals surface area contributed by atoms with Crippen molar-refractivity contribution in [3.8, 4) is 0 Å². The predicted octanol–water partition coefficient (Wildman–Crippen LogP) is 2.57.